The summed E-state index contributed by atoms with van der Waals surface area (Å²) in [6, 6.07) is 9.89. The Hall–Kier alpha value is -1.43. The van der Waals surface area contributed by atoms with E-state index in [0.29, 0.717) is 39.0 Å². The summed E-state index contributed by atoms with van der Waals surface area (Å²) >= 11 is 0. The van der Waals surface area contributed by atoms with Crippen LogP contribution in [0.2, 0.25) is 0 Å². The van der Waals surface area contributed by atoms with Crippen LogP contribution in [0.1, 0.15) is 44.1 Å². The van der Waals surface area contributed by atoms with Gasteiger partial charge < -0.3 is 19.8 Å². The first-order valence-electron chi connectivity index (χ1n) is 9.33. The van der Waals surface area contributed by atoms with Crippen LogP contribution in [0.15, 0.2) is 30.3 Å². The minimum absolute atomic E-state index is 0.0291. The maximum Gasteiger partial charge on any atom is 0.225 e. The van der Waals surface area contributed by atoms with Crippen LogP contribution in [0.25, 0.3) is 0 Å². The van der Waals surface area contributed by atoms with Crippen molar-refractivity contribution in [2.45, 2.75) is 56.1 Å². The fourth-order valence-electron chi connectivity index (χ4n) is 4.06. The van der Waals surface area contributed by atoms with Crippen LogP contribution >= 0.6 is 0 Å². The highest BCUT2D eigenvalue weighted by Gasteiger charge is 2.40. The van der Waals surface area contributed by atoms with Crippen LogP contribution in [-0.2, 0) is 16.0 Å². The van der Waals surface area contributed by atoms with E-state index in [1.165, 1.54) is 0 Å². The second kappa shape index (κ2) is 7.85. The van der Waals surface area contributed by atoms with Gasteiger partial charge in [0, 0.05) is 13.0 Å². The van der Waals surface area contributed by atoms with E-state index in [-0.39, 0.29) is 18.9 Å². The molecule has 1 aliphatic carbocycles. The van der Waals surface area contributed by atoms with Crippen LogP contribution in [-0.4, -0.2) is 58.5 Å². The number of benzene rings is 1. The Morgan fingerprint density at radius 1 is 1.16 bits per heavy atom. The van der Waals surface area contributed by atoms with Gasteiger partial charge in [-0.05, 0) is 18.4 Å². The first-order valence-corrected chi connectivity index (χ1v) is 9.33. The number of hydrogen-bond acceptors (Lipinski definition) is 4. The van der Waals surface area contributed by atoms with Gasteiger partial charge in [-0.2, -0.15) is 0 Å². The molecule has 0 spiro atoms. The average Bonchev–Trinajstić information content (AvgIpc) is 2.63. The molecule has 1 aromatic rings. The second-order valence-electron chi connectivity index (χ2n) is 7.63. The lowest BCUT2D eigenvalue weighted by Gasteiger charge is -2.43. The Bertz CT molecular complexity index is 570. The molecule has 138 valence electrons. The number of rotatable bonds is 5. The SMILES string of the molecule is O=C(CC1(O)CCCCC1)N1CCO[C@](CO)(Cc2ccccc2)C1. The predicted octanol–water partition coefficient (Wildman–Crippen LogP) is 1.90. The molecule has 2 fully saturated rings. The van der Waals surface area contributed by atoms with Gasteiger partial charge in [0.2, 0.25) is 5.91 Å². The van der Waals surface area contributed by atoms with Crippen molar-refractivity contribution in [3.63, 3.8) is 0 Å². The lowest BCUT2D eigenvalue weighted by molar-refractivity contribution is -0.162. The molecule has 5 nitrogen and oxygen atoms in total. The van der Waals surface area contributed by atoms with Gasteiger partial charge in [-0.25, -0.2) is 0 Å². The highest BCUT2D eigenvalue weighted by molar-refractivity contribution is 5.77. The second-order valence-corrected chi connectivity index (χ2v) is 7.63. The monoisotopic (exact) mass is 347 g/mol. The Kier molecular flexibility index (Phi) is 5.77. The van der Waals surface area contributed by atoms with Crippen LogP contribution in [0.3, 0.4) is 0 Å². The molecule has 0 aromatic heterocycles. The third-order valence-corrected chi connectivity index (χ3v) is 5.52. The van der Waals surface area contributed by atoms with Crippen LogP contribution < -0.4 is 0 Å². The van der Waals surface area contributed by atoms with Crippen molar-refractivity contribution in [2.75, 3.05) is 26.3 Å². The molecule has 5 heteroatoms. The molecule has 3 rings (SSSR count). The van der Waals surface area contributed by atoms with Gasteiger partial charge in [0.1, 0.15) is 5.60 Å². The number of ether oxygens (including phenoxy) is 1. The topological polar surface area (TPSA) is 70.0 Å². The first-order chi connectivity index (χ1) is 12.0. The van der Waals surface area contributed by atoms with Crippen LogP contribution in [0.5, 0.6) is 0 Å². The summed E-state index contributed by atoms with van der Waals surface area (Å²) in [5, 5.41) is 20.6. The van der Waals surface area contributed by atoms with Gasteiger partial charge in [-0.3, -0.25) is 4.79 Å². The van der Waals surface area contributed by atoms with Crippen molar-refractivity contribution in [1.29, 1.82) is 0 Å². The molecular formula is C20H29NO4. The number of carbonyl (C=O) groups excluding carboxylic acids is 1. The summed E-state index contributed by atoms with van der Waals surface area (Å²) < 4.78 is 5.91. The highest BCUT2D eigenvalue weighted by atomic mass is 16.5. The van der Waals surface area contributed by atoms with E-state index in [9.17, 15) is 15.0 Å². The Balaban J connectivity index is 1.65. The van der Waals surface area contributed by atoms with Gasteiger partial charge >= 0.3 is 0 Å². The minimum atomic E-state index is -0.852. The Labute approximate surface area is 149 Å². The summed E-state index contributed by atoms with van der Waals surface area (Å²) in [7, 11) is 0. The number of aliphatic hydroxyl groups excluding tert-OH is 1. The molecule has 0 unspecified atom stereocenters. The molecule has 1 amide bonds. The maximum absolute atomic E-state index is 12.8. The van der Waals surface area contributed by atoms with E-state index in [0.717, 1.165) is 24.8 Å². The molecule has 1 aromatic carbocycles. The summed E-state index contributed by atoms with van der Waals surface area (Å²) in [6.45, 7) is 1.17. The molecule has 2 N–H and O–H groups in total. The Morgan fingerprint density at radius 3 is 2.56 bits per heavy atom. The summed E-state index contributed by atoms with van der Waals surface area (Å²) in [5.41, 5.74) is -0.531. The number of amides is 1. The third kappa shape index (κ3) is 4.60. The van der Waals surface area contributed by atoms with E-state index in [4.69, 9.17) is 4.74 Å². The van der Waals surface area contributed by atoms with E-state index in [1.807, 2.05) is 30.3 Å². The zero-order chi connectivity index (χ0) is 17.8. The van der Waals surface area contributed by atoms with Gasteiger partial charge in [-0.15, -0.1) is 0 Å². The number of hydrogen-bond donors (Lipinski definition) is 2. The largest absolute Gasteiger partial charge is 0.393 e. The fraction of sp³-hybridized carbons (Fsp3) is 0.650. The number of morpholine rings is 1. The van der Waals surface area contributed by atoms with Gasteiger partial charge in [0.15, 0.2) is 0 Å². The van der Waals surface area contributed by atoms with E-state index < -0.39 is 11.2 Å². The van der Waals surface area contributed by atoms with Crippen molar-refractivity contribution >= 4 is 5.91 Å². The molecule has 1 saturated carbocycles. The molecule has 2 aliphatic rings. The van der Waals surface area contributed by atoms with Crippen molar-refractivity contribution in [3.8, 4) is 0 Å². The summed E-state index contributed by atoms with van der Waals surface area (Å²) in [4.78, 5) is 14.5. The molecule has 0 radical (unpaired) electrons. The molecule has 0 bridgehead atoms. The molecule has 25 heavy (non-hydrogen) atoms. The van der Waals surface area contributed by atoms with Crippen molar-refractivity contribution in [2.24, 2.45) is 0 Å². The smallest absolute Gasteiger partial charge is 0.225 e. The van der Waals surface area contributed by atoms with E-state index in [1.54, 1.807) is 4.90 Å². The first kappa shape index (κ1) is 18.4. The van der Waals surface area contributed by atoms with Crippen molar-refractivity contribution in [3.05, 3.63) is 35.9 Å². The lowest BCUT2D eigenvalue weighted by Crippen LogP contribution is -2.57. The van der Waals surface area contributed by atoms with Gasteiger partial charge in [0.05, 0.1) is 31.8 Å². The third-order valence-electron chi connectivity index (χ3n) is 5.52. The zero-order valence-corrected chi connectivity index (χ0v) is 14.8. The summed E-state index contributed by atoms with van der Waals surface area (Å²) in [6.07, 6.45) is 5.27. The molecular weight excluding hydrogens is 318 g/mol. The van der Waals surface area contributed by atoms with Crippen LogP contribution in [0, 0.1) is 0 Å². The fourth-order valence-corrected chi connectivity index (χ4v) is 4.06. The maximum atomic E-state index is 12.8. The number of aliphatic hydroxyl groups is 2. The minimum Gasteiger partial charge on any atom is -0.393 e. The van der Waals surface area contributed by atoms with Crippen molar-refractivity contribution in [1.82, 2.24) is 4.90 Å². The van der Waals surface area contributed by atoms with Gasteiger partial charge in [-0.1, -0.05) is 49.6 Å². The zero-order valence-electron chi connectivity index (χ0n) is 14.8. The van der Waals surface area contributed by atoms with E-state index >= 15 is 0 Å². The molecule has 1 saturated heterocycles. The highest BCUT2D eigenvalue weighted by Crippen LogP contribution is 2.32. The molecule has 1 aliphatic heterocycles. The molecule has 1 atom stereocenters. The number of carbonyl (C=O) groups is 1. The van der Waals surface area contributed by atoms with Gasteiger partial charge in [0.25, 0.3) is 0 Å². The molecule has 1 heterocycles. The summed E-state index contributed by atoms with van der Waals surface area (Å²) in [5.74, 6) is -0.0291. The van der Waals surface area contributed by atoms with E-state index in [2.05, 4.69) is 0 Å². The predicted molar refractivity (Wildman–Crippen MR) is 95.1 cm³/mol. The quantitative estimate of drug-likeness (QED) is 0.854. The standard InChI is InChI=1S/C20H29NO4/c22-16-20(13-17-7-3-1-4-8-17)15-21(11-12-25-20)18(23)14-19(24)9-5-2-6-10-19/h1,3-4,7-8,22,24H,2,5-6,9-16H2/t20-/m1/s1. The van der Waals surface area contributed by atoms with Crippen LogP contribution in [0.4, 0.5) is 0 Å². The number of nitrogens with zero attached hydrogens (tertiary/aromatic N) is 1. The lowest BCUT2D eigenvalue weighted by atomic mass is 9.82. The normalized spacial score (nSPS) is 26.4. The Morgan fingerprint density at radius 2 is 1.88 bits per heavy atom. The average molecular weight is 347 g/mol. The van der Waals surface area contributed by atoms with Crippen molar-refractivity contribution < 1.29 is 19.7 Å².